The normalized spacial score (nSPS) is 15.2. The average molecular weight is 200 g/mol. The summed E-state index contributed by atoms with van der Waals surface area (Å²) in [6.45, 7) is 0. The molecule has 0 aliphatic heterocycles. The largest absolute Gasteiger partial charge is 0.235 e. The molecule has 2 aromatic rings. The third-order valence-electron chi connectivity index (χ3n) is 1.41. The van der Waals surface area contributed by atoms with E-state index in [0.717, 1.165) is 5.02 Å². The summed E-state index contributed by atoms with van der Waals surface area (Å²) in [5, 5.41) is 0.989. The van der Waals surface area contributed by atoms with Crippen LogP contribution in [0.15, 0.2) is 60.5 Å². The van der Waals surface area contributed by atoms with Crippen molar-refractivity contribution in [2.24, 2.45) is 0 Å². The van der Waals surface area contributed by atoms with Gasteiger partial charge in [0.05, 0.1) is 6.85 Å². The summed E-state index contributed by atoms with van der Waals surface area (Å²) in [5.74, 6) is 0. The van der Waals surface area contributed by atoms with Crippen LogP contribution in [-0.4, -0.2) is 0 Å². The summed E-state index contributed by atoms with van der Waals surface area (Å²) < 4.78 is 38.2. The van der Waals surface area contributed by atoms with Crippen LogP contribution in [0.1, 0.15) is 6.85 Å². The molecule has 0 amide bonds. The summed E-state index contributed by atoms with van der Waals surface area (Å²) in [7, 11) is 1.74. The van der Waals surface area contributed by atoms with E-state index in [-0.39, 0.29) is 35.2 Å². The number of benzene rings is 2. The second-order valence-corrected chi connectivity index (χ2v) is 3.33. The molecular weight excluding hydrogens is 180 g/mol. The predicted octanol–water partition coefficient (Wildman–Crippen LogP) is 3.30. The van der Waals surface area contributed by atoms with Crippen LogP contribution in [0.2, 0.25) is 10.0 Å². The van der Waals surface area contributed by atoms with E-state index in [0.29, 0.717) is 0 Å². The van der Waals surface area contributed by atoms with Crippen molar-refractivity contribution in [3.05, 3.63) is 70.6 Å². The zero-order chi connectivity index (χ0) is 13.3. The van der Waals surface area contributed by atoms with Crippen molar-refractivity contribution >= 4 is 0 Å². The Morgan fingerprint density at radius 3 is 2.23 bits per heavy atom. The van der Waals surface area contributed by atoms with Gasteiger partial charge in [0.2, 0.25) is 20.8 Å². The smallest absolute Gasteiger partial charge is 0.0619 e. The molecule has 64 valence electrons. The molecule has 0 nitrogen and oxygen atoms in total. The topological polar surface area (TPSA) is 0 Å². The Hall–Kier alpha value is -1.27. The minimum absolute atomic E-state index is 0.182. The van der Waals surface area contributed by atoms with Gasteiger partial charge in [0.15, 0.2) is 0 Å². The van der Waals surface area contributed by atoms with E-state index in [2.05, 4.69) is 0 Å². The molecule has 0 aliphatic carbocycles. The highest BCUT2D eigenvalue weighted by molar-refractivity contribution is 5.14. The maximum absolute atomic E-state index is 7.78. The van der Waals surface area contributed by atoms with Crippen molar-refractivity contribution in [1.82, 2.24) is 0 Å². The Morgan fingerprint density at radius 1 is 0.846 bits per heavy atom. The van der Waals surface area contributed by atoms with Crippen molar-refractivity contribution in [3.8, 4) is 0 Å². The van der Waals surface area contributed by atoms with E-state index in [1.807, 2.05) is 30.3 Å². The van der Waals surface area contributed by atoms with Gasteiger partial charge in [-0.15, -0.1) is 0 Å². The van der Waals surface area contributed by atoms with Gasteiger partial charge in [-0.2, -0.15) is 0 Å². The van der Waals surface area contributed by atoms with E-state index in [1.165, 1.54) is 0 Å². The van der Waals surface area contributed by atoms with Crippen LogP contribution >= 0.6 is 0 Å². The van der Waals surface area contributed by atoms with Crippen molar-refractivity contribution in [2.75, 3.05) is 0 Å². The van der Waals surface area contributed by atoms with Gasteiger partial charge in [-0.25, -0.2) is 0 Å². The fraction of sp³-hybridized carbons (Fsp3) is 0. The van der Waals surface area contributed by atoms with Crippen LogP contribution in [0, 0.1) is 10.8 Å². The maximum atomic E-state index is 7.78. The van der Waals surface area contributed by atoms with Crippen LogP contribution < -0.4 is 0 Å². The molecule has 2 rings (SSSR count). The van der Waals surface area contributed by atoms with E-state index in [1.54, 1.807) is 10.8 Å². The molecule has 0 spiro atoms. The Labute approximate surface area is 89.0 Å². The number of hydrogen-bond acceptors (Lipinski definition) is 0. The minimum atomic E-state index is -0.368. The Bertz CT molecular complexity index is 554. The highest BCUT2D eigenvalue weighted by Gasteiger charge is 2.10. The number of halogens is 1. The third-order valence-corrected chi connectivity index (χ3v) is 2.25. The zero-order valence-corrected chi connectivity index (χ0v) is 7.52. The molecule has 0 aliphatic rings. The molecule has 0 fully saturated rings. The highest BCUT2D eigenvalue weighted by Crippen LogP contribution is 2.12. The van der Waals surface area contributed by atoms with Crippen molar-refractivity contribution in [1.29, 1.82) is 0 Å². The van der Waals surface area contributed by atoms with Gasteiger partial charge >= 0.3 is 0 Å². The molecule has 0 heterocycles. The van der Waals surface area contributed by atoms with Gasteiger partial charge < -0.3 is 0 Å². The highest BCUT2D eigenvalue weighted by atomic mass is 35.5. The average Bonchev–Trinajstić information content (AvgIpc) is 2.40. The zero-order valence-electron chi connectivity index (χ0n) is 11.8. The van der Waals surface area contributed by atoms with Gasteiger partial charge in [0.1, 0.15) is 0 Å². The van der Waals surface area contributed by atoms with Crippen molar-refractivity contribution in [2.45, 2.75) is 0 Å². The monoisotopic (exact) mass is 199 g/mol. The van der Waals surface area contributed by atoms with E-state index in [4.69, 9.17) is 6.85 Å². The predicted molar refractivity (Wildman–Crippen MR) is 51.2 cm³/mol. The molecule has 0 aromatic heterocycles. The fourth-order valence-electron chi connectivity index (χ4n) is 0.869. The van der Waals surface area contributed by atoms with Gasteiger partial charge in [-0.1, -0.05) is 36.3 Å². The lowest BCUT2D eigenvalue weighted by molar-refractivity contribution is -0.535. The number of rotatable bonds is 2. The molecule has 0 unspecified atom stereocenters. The van der Waals surface area contributed by atoms with Gasteiger partial charge in [-0.3, -0.25) is 0 Å². The summed E-state index contributed by atoms with van der Waals surface area (Å²) >= 11 is 0. The fourth-order valence-corrected chi connectivity index (χ4v) is 1.55. The maximum Gasteiger partial charge on any atom is 0.235 e. The molecule has 0 saturated heterocycles. The van der Waals surface area contributed by atoms with Crippen molar-refractivity contribution < 1.29 is 17.6 Å². The minimum Gasteiger partial charge on any atom is -0.0619 e. The van der Waals surface area contributed by atoms with Crippen LogP contribution in [-0.2, 0) is 0 Å². The van der Waals surface area contributed by atoms with Gasteiger partial charge in [-0.05, 0) is 0 Å². The first-order chi connectivity index (χ1) is 8.52. The lowest BCUT2D eigenvalue weighted by Gasteiger charge is -1.84. The third kappa shape index (κ3) is 2.33. The van der Waals surface area contributed by atoms with Gasteiger partial charge in [0.25, 0.3) is 0 Å². The summed E-state index contributed by atoms with van der Waals surface area (Å²) in [4.78, 5) is 0. The lowest BCUT2D eigenvalue weighted by atomic mass is 10.4. The quantitative estimate of drug-likeness (QED) is 0.697. The first-order valence-electron chi connectivity index (χ1n) is 6.29. The standard InChI is InChI=1S/C12H10Cl/c1-3-7-11(8-4-1)13-12-9-5-2-6-10-12/h1-10H/q+1/i1T,3T,4T,7T,8T. The molecule has 0 bridgehead atoms. The Kier molecular flexibility index (Phi) is 1.36. The molecule has 2 aromatic carbocycles. The lowest BCUT2D eigenvalue weighted by Crippen LogP contribution is -1.80. The first kappa shape index (κ1) is 4.30. The van der Waals surface area contributed by atoms with E-state index in [9.17, 15) is 0 Å². The van der Waals surface area contributed by atoms with Crippen LogP contribution in [0.3, 0.4) is 0 Å². The molecular formula is C12H10Cl+. The SMILES string of the molecule is [3H]c1c([3H])c([3H])c([Cl+]c2ccccc2)c([3H])c1[3H]. The van der Waals surface area contributed by atoms with Crippen LogP contribution in [0.4, 0.5) is 0 Å². The molecule has 0 N–H and O–H groups in total. The molecule has 13 heavy (non-hydrogen) atoms. The second kappa shape index (κ2) is 4.11. The van der Waals surface area contributed by atoms with Crippen LogP contribution in [0.5, 0.6) is 0 Å². The van der Waals surface area contributed by atoms with Crippen LogP contribution in [0.25, 0.3) is 0 Å². The molecule has 1 heteroatoms. The first-order valence-corrected chi connectivity index (χ1v) is 4.54. The molecule has 0 radical (unpaired) electrons. The summed E-state index contributed by atoms with van der Waals surface area (Å²) in [6.07, 6.45) is 0. The van der Waals surface area contributed by atoms with Gasteiger partial charge in [0, 0.05) is 24.2 Å². The van der Waals surface area contributed by atoms with E-state index >= 15 is 0 Å². The van der Waals surface area contributed by atoms with E-state index < -0.39 is 0 Å². The molecule has 0 saturated carbocycles. The number of hydrogen-bond donors (Lipinski definition) is 0. The Balaban J connectivity index is 2.52. The summed E-state index contributed by atoms with van der Waals surface area (Å²) in [5.41, 5.74) is 0. The van der Waals surface area contributed by atoms with Crippen molar-refractivity contribution in [3.63, 3.8) is 0 Å². The Morgan fingerprint density at radius 2 is 1.54 bits per heavy atom. The summed E-state index contributed by atoms with van der Waals surface area (Å²) in [6, 6.07) is 7.79. The molecule has 0 atom stereocenters. The second-order valence-electron chi connectivity index (χ2n) is 2.33.